The molecule has 1 aromatic heterocycles. The summed E-state index contributed by atoms with van der Waals surface area (Å²) in [7, 11) is 0. The third-order valence-electron chi connectivity index (χ3n) is 6.08. The van der Waals surface area contributed by atoms with Crippen molar-refractivity contribution < 1.29 is 4.79 Å². The van der Waals surface area contributed by atoms with Gasteiger partial charge in [-0.25, -0.2) is 9.99 Å². The van der Waals surface area contributed by atoms with Crippen LogP contribution in [0.3, 0.4) is 0 Å². The van der Waals surface area contributed by atoms with Gasteiger partial charge >= 0.3 is 0 Å². The van der Waals surface area contributed by atoms with Crippen LogP contribution in [0.2, 0.25) is 0 Å². The molecule has 2 aliphatic rings. The molecule has 0 amide bonds. The van der Waals surface area contributed by atoms with Crippen molar-refractivity contribution >= 4 is 34.0 Å². The van der Waals surface area contributed by atoms with E-state index in [1.807, 2.05) is 19.1 Å². The van der Waals surface area contributed by atoms with Crippen LogP contribution in [0.1, 0.15) is 58.7 Å². The number of nitrogens with zero attached hydrogens (tertiary/aromatic N) is 3. The van der Waals surface area contributed by atoms with Crippen molar-refractivity contribution in [2.45, 2.75) is 39.2 Å². The highest BCUT2D eigenvalue weighted by molar-refractivity contribution is 7.17. The summed E-state index contributed by atoms with van der Waals surface area (Å²) in [6.45, 7) is 3.51. The highest BCUT2D eigenvalue weighted by atomic mass is 32.1. The average molecular weight is 428 g/mol. The van der Waals surface area contributed by atoms with E-state index in [2.05, 4.69) is 59.6 Å². The lowest BCUT2D eigenvalue weighted by atomic mass is 9.77. The molecule has 0 N–H and O–H groups in total. The first-order valence-electron chi connectivity index (χ1n) is 10.8. The molecular weight excluding hydrogens is 402 g/mol. The summed E-state index contributed by atoms with van der Waals surface area (Å²) in [5, 5.41) is 8.02. The Balaban J connectivity index is 1.61. The molecule has 2 heterocycles. The standard InChI is InChI=1S/C26H25N3OS/c1-17-25(18(2)30)31-26(27-17)29-24(20-12-7-4-8-13-20)22-15-9-14-21(23(22)28-29)16-19-10-5-3-6-11-19/h3-8,10-13,16,22,24H,9,14-15H2,1-2H3/b21-16+. The van der Waals surface area contributed by atoms with Gasteiger partial charge in [0.05, 0.1) is 22.3 Å². The number of hydrazone groups is 1. The third-order valence-corrected chi connectivity index (χ3v) is 7.33. The number of hydrogen-bond acceptors (Lipinski definition) is 5. The van der Waals surface area contributed by atoms with Crippen molar-refractivity contribution in [3.8, 4) is 0 Å². The molecule has 1 aliphatic heterocycles. The minimum Gasteiger partial charge on any atom is -0.294 e. The smallest absolute Gasteiger partial charge is 0.207 e. The lowest BCUT2D eigenvalue weighted by molar-refractivity contribution is 0.102. The van der Waals surface area contributed by atoms with Crippen LogP contribution in [-0.4, -0.2) is 16.5 Å². The van der Waals surface area contributed by atoms with E-state index in [0.717, 1.165) is 35.0 Å². The second-order valence-electron chi connectivity index (χ2n) is 8.23. The molecule has 4 nitrogen and oxygen atoms in total. The van der Waals surface area contributed by atoms with Gasteiger partial charge in [-0.05, 0) is 49.0 Å². The first-order chi connectivity index (χ1) is 15.1. The number of carbonyl (C=O) groups excluding carboxylic acids is 1. The number of Topliss-reactive ketones (excluding diaryl/α,β-unsaturated/α-hetero) is 1. The maximum absolute atomic E-state index is 12.1. The zero-order valence-electron chi connectivity index (χ0n) is 17.8. The molecule has 156 valence electrons. The number of aryl methyl sites for hydroxylation is 1. The van der Waals surface area contributed by atoms with Crippen LogP contribution in [0, 0.1) is 12.8 Å². The molecule has 0 saturated heterocycles. The topological polar surface area (TPSA) is 45.6 Å². The molecule has 0 radical (unpaired) electrons. The predicted molar refractivity (Wildman–Crippen MR) is 128 cm³/mol. The Kier molecular flexibility index (Phi) is 5.28. The van der Waals surface area contributed by atoms with Gasteiger partial charge in [-0.2, -0.15) is 5.10 Å². The fraction of sp³-hybridized carbons (Fsp3) is 0.269. The Hall–Kier alpha value is -3.05. The van der Waals surface area contributed by atoms with Crippen LogP contribution in [0.4, 0.5) is 5.13 Å². The number of carbonyl (C=O) groups is 1. The van der Waals surface area contributed by atoms with Crippen molar-refractivity contribution in [2.75, 3.05) is 5.01 Å². The first kappa shape index (κ1) is 19.9. The van der Waals surface area contributed by atoms with E-state index in [1.165, 1.54) is 33.7 Å². The highest BCUT2D eigenvalue weighted by Gasteiger charge is 2.43. The molecule has 2 unspecified atom stereocenters. The second kappa shape index (κ2) is 8.23. The largest absolute Gasteiger partial charge is 0.294 e. The molecule has 1 aliphatic carbocycles. The van der Waals surface area contributed by atoms with Crippen molar-refractivity contribution in [2.24, 2.45) is 11.0 Å². The molecule has 5 rings (SSSR count). The number of fused-ring (bicyclic) bond motifs is 1. The van der Waals surface area contributed by atoms with Crippen LogP contribution in [-0.2, 0) is 0 Å². The van der Waals surface area contributed by atoms with E-state index in [1.54, 1.807) is 6.92 Å². The van der Waals surface area contributed by atoms with Gasteiger partial charge in [0, 0.05) is 12.8 Å². The van der Waals surface area contributed by atoms with Gasteiger partial charge < -0.3 is 0 Å². The Morgan fingerprint density at radius 2 is 1.81 bits per heavy atom. The number of thiazole rings is 1. The number of hydrogen-bond donors (Lipinski definition) is 0. The van der Waals surface area contributed by atoms with Crippen molar-refractivity contribution in [3.63, 3.8) is 0 Å². The SMILES string of the molecule is CC(=O)c1sc(N2N=C3/C(=C/c4ccccc4)CCCC3C2c2ccccc2)nc1C. The first-order valence-corrected chi connectivity index (χ1v) is 11.6. The van der Waals surface area contributed by atoms with Crippen molar-refractivity contribution in [1.29, 1.82) is 0 Å². The summed E-state index contributed by atoms with van der Waals surface area (Å²) in [5.41, 5.74) is 5.71. The Morgan fingerprint density at radius 1 is 1.10 bits per heavy atom. The van der Waals surface area contributed by atoms with Gasteiger partial charge in [-0.3, -0.25) is 4.79 Å². The van der Waals surface area contributed by atoms with Gasteiger partial charge in [0.1, 0.15) is 0 Å². The van der Waals surface area contributed by atoms with Gasteiger partial charge in [-0.15, -0.1) is 0 Å². The summed E-state index contributed by atoms with van der Waals surface area (Å²) < 4.78 is 0. The predicted octanol–water partition coefficient (Wildman–Crippen LogP) is 6.46. The summed E-state index contributed by atoms with van der Waals surface area (Å²) in [6, 6.07) is 21.1. The van der Waals surface area contributed by atoms with E-state index in [9.17, 15) is 4.79 Å². The Morgan fingerprint density at radius 3 is 2.48 bits per heavy atom. The van der Waals surface area contributed by atoms with Crippen molar-refractivity contribution in [1.82, 2.24) is 4.98 Å². The van der Waals surface area contributed by atoms with Crippen LogP contribution in [0.5, 0.6) is 0 Å². The maximum atomic E-state index is 12.1. The van der Waals surface area contributed by atoms with E-state index in [4.69, 9.17) is 10.1 Å². The summed E-state index contributed by atoms with van der Waals surface area (Å²) in [5.74, 6) is 0.377. The average Bonchev–Trinajstić information content (AvgIpc) is 3.36. The normalized spacial score (nSPS) is 21.8. The van der Waals surface area contributed by atoms with Crippen LogP contribution in [0.15, 0.2) is 71.3 Å². The number of aromatic nitrogens is 1. The number of ketones is 1. The summed E-state index contributed by atoms with van der Waals surface area (Å²) >= 11 is 1.45. The van der Waals surface area contributed by atoms with Crippen LogP contribution >= 0.6 is 11.3 Å². The van der Waals surface area contributed by atoms with Crippen LogP contribution in [0.25, 0.3) is 6.08 Å². The molecule has 0 bridgehead atoms. The lowest BCUT2D eigenvalue weighted by Crippen LogP contribution is -2.28. The molecule has 1 saturated carbocycles. The number of benzene rings is 2. The molecule has 2 atom stereocenters. The molecule has 5 heteroatoms. The number of rotatable bonds is 4. The summed E-state index contributed by atoms with van der Waals surface area (Å²) in [6.07, 6.45) is 5.57. The third kappa shape index (κ3) is 3.74. The number of allylic oxidation sites excluding steroid dienone is 1. The van der Waals surface area contributed by atoms with E-state index in [0.29, 0.717) is 5.92 Å². The molecule has 31 heavy (non-hydrogen) atoms. The molecule has 0 spiro atoms. The fourth-order valence-corrected chi connectivity index (χ4v) is 5.65. The quantitative estimate of drug-likeness (QED) is 0.449. The van der Waals surface area contributed by atoms with E-state index >= 15 is 0 Å². The van der Waals surface area contributed by atoms with Gasteiger partial charge in [0.15, 0.2) is 5.78 Å². The van der Waals surface area contributed by atoms with Crippen LogP contribution < -0.4 is 5.01 Å². The lowest BCUT2D eigenvalue weighted by Gasteiger charge is -2.29. The Labute approximate surface area is 187 Å². The van der Waals surface area contributed by atoms with E-state index in [-0.39, 0.29) is 11.8 Å². The highest BCUT2D eigenvalue weighted by Crippen LogP contribution is 2.47. The number of anilines is 1. The monoisotopic (exact) mass is 427 g/mol. The minimum atomic E-state index is 0.0615. The Bertz CT molecular complexity index is 1160. The van der Waals surface area contributed by atoms with Gasteiger partial charge in [0.25, 0.3) is 0 Å². The van der Waals surface area contributed by atoms with Gasteiger partial charge in [-0.1, -0.05) is 72.0 Å². The zero-order chi connectivity index (χ0) is 21.4. The molecule has 1 fully saturated rings. The van der Waals surface area contributed by atoms with Crippen molar-refractivity contribution in [3.05, 3.63) is 87.9 Å². The molecule has 3 aromatic rings. The molecule has 2 aromatic carbocycles. The zero-order valence-corrected chi connectivity index (χ0v) is 18.6. The summed E-state index contributed by atoms with van der Waals surface area (Å²) in [4.78, 5) is 17.5. The maximum Gasteiger partial charge on any atom is 0.207 e. The fourth-order valence-electron chi connectivity index (χ4n) is 4.70. The van der Waals surface area contributed by atoms with E-state index < -0.39 is 0 Å². The minimum absolute atomic E-state index is 0.0615. The molecular formula is C26H25N3OS. The second-order valence-corrected chi connectivity index (χ2v) is 9.21. The van der Waals surface area contributed by atoms with Gasteiger partial charge in [0.2, 0.25) is 5.13 Å².